The number of amides is 2. The molecule has 1 aromatic carbocycles. The maximum atomic E-state index is 13.9. The van der Waals surface area contributed by atoms with Crippen LogP contribution in [0.25, 0.3) is 0 Å². The molecule has 0 spiro atoms. The predicted molar refractivity (Wildman–Crippen MR) is 75.1 cm³/mol. The van der Waals surface area contributed by atoms with Crippen LogP contribution in [0.2, 0.25) is 0 Å². The zero-order valence-electron chi connectivity index (χ0n) is 11.5. The van der Waals surface area contributed by atoms with Crippen LogP contribution in [0, 0.1) is 5.82 Å². The highest BCUT2D eigenvalue weighted by Crippen LogP contribution is 2.27. The number of benzene rings is 1. The van der Waals surface area contributed by atoms with Gasteiger partial charge in [0.2, 0.25) is 0 Å². The number of halogens is 2. The second-order valence-corrected chi connectivity index (χ2v) is 6.43. The Hall–Kier alpha value is -1.43. The number of carbonyl (C=O) groups excluding carboxylic acids is 2. The van der Waals surface area contributed by atoms with Crippen molar-refractivity contribution in [2.24, 2.45) is 0 Å². The molecule has 0 unspecified atom stereocenters. The summed E-state index contributed by atoms with van der Waals surface area (Å²) in [5.41, 5.74) is -0.130. The molecule has 1 aliphatic rings. The van der Waals surface area contributed by atoms with Gasteiger partial charge in [0.05, 0.1) is 4.47 Å². The van der Waals surface area contributed by atoms with Crippen LogP contribution in [-0.4, -0.2) is 29.0 Å². The van der Waals surface area contributed by atoms with Crippen LogP contribution >= 0.6 is 15.9 Å². The fourth-order valence-electron chi connectivity index (χ4n) is 2.00. The minimum absolute atomic E-state index is 0.119. The largest absolute Gasteiger partial charge is 0.443 e. The molecule has 1 heterocycles. The Labute approximate surface area is 125 Å². The van der Waals surface area contributed by atoms with Gasteiger partial charge in [-0.15, -0.1) is 0 Å². The molecule has 0 fully saturated rings. The van der Waals surface area contributed by atoms with E-state index in [0.717, 1.165) is 4.90 Å². The van der Waals surface area contributed by atoms with Crippen LogP contribution in [0.3, 0.4) is 0 Å². The summed E-state index contributed by atoms with van der Waals surface area (Å²) in [5, 5.41) is 0. The van der Waals surface area contributed by atoms with Crippen LogP contribution < -0.4 is 0 Å². The van der Waals surface area contributed by atoms with Crippen molar-refractivity contribution in [2.75, 3.05) is 6.54 Å². The van der Waals surface area contributed by atoms with Gasteiger partial charge in [0, 0.05) is 17.7 Å². The van der Waals surface area contributed by atoms with E-state index in [9.17, 15) is 14.0 Å². The van der Waals surface area contributed by atoms with Crippen molar-refractivity contribution >= 4 is 27.9 Å². The SMILES string of the molecule is CC(C)(C)OC(=O)N1CCc2c(ccc(Br)c2F)C1=O. The van der Waals surface area contributed by atoms with E-state index in [1.165, 1.54) is 12.1 Å². The summed E-state index contributed by atoms with van der Waals surface area (Å²) >= 11 is 3.09. The maximum absolute atomic E-state index is 13.9. The monoisotopic (exact) mass is 343 g/mol. The summed E-state index contributed by atoms with van der Waals surface area (Å²) < 4.78 is 19.4. The molecule has 1 aromatic rings. The lowest BCUT2D eigenvalue weighted by atomic mass is 9.99. The molecule has 0 radical (unpaired) electrons. The summed E-state index contributed by atoms with van der Waals surface area (Å²) in [4.78, 5) is 25.2. The predicted octanol–water partition coefficient (Wildman–Crippen LogP) is 3.52. The number of hydrogen-bond acceptors (Lipinski definition) is 3. The molecule has 0 aliphatic carbocycles. The summed E-state index contributed by atoms with van der Waals surface area (Å²) in [6.07, 6.45) is -0.414. The number of fused-ring (bicyclic) bond motifs is 1. The molecule has 20 heavy (non-hydrogen) atoms. The topological polar surface area (TPSA) is 46.6 Å². The van der Waals surface area contributed by atoms with E-state index in [1.807, 2.05) is 0 Å². The number of ether oxygens (including phenoxy) is 1. The van der Waals surface area contributed by atoms with Gasteiger partial charge in [-0.05, 0) is 55.3 Å². The van der Waals surface area contributed by atoms with Gasteiger partial charge in [-0.25, -0.2) is 14.1 Å². The molecule has 2 rings (SSSR count). The Bertz CT molecular complexity index is 581. The zero-order chi connectivity index (χ0) is 15.1. The van der Waals surface area contributed by atoms with Crippen molar-refractivity contribution in [3.63, 3.8) is 0 Å². The Morgan fingerprint density at radius 1 is 1.40 bits per heavy atom. The van der Waals surface area contributed by atoms with E-state index in [1.54, 1.807) is 20.8 Å². The molecule has 0 saturated carbocycles. The number of imide groups is 1. The highest BCUT2D eigenvalue weighted by molar-refractivity contribution is 9.10. The van der Waals surface area contributed by atoms with E-state index >= 15 is 0 Å². The Balaban J connectivity index is 2.29. The van der Waals surface area contributed by atoms with E-state index in [4.69, 9.17) is 4.74 Å². The third-order valence-electron chi connectivity index (χ3n) is 2.87. The highest BCUT2D eigenvalue weighted by Gasteiger charge is 2.33. The molecule has 108 valence electrons. The normalized spacial score (nSPS) is 15.1. The summed E-state index contributed by atoms with van der Waals surface area (Å²) in [7, 11) is 0. The summed E-state index contributed by atoms with van der Waals surface area (Å²) in [6.45, 7) is 5.30. The molecule has 0 bridgehead atoms. The average molecular weight is 344 g/mol. The first-order valence-corrected chi connectivity index (χ1v) is 7.02. The van der Waals surface area contributed by atoms with Crippen LogP contribution in [0.15, 0.2) is 16.6 Å². The van der Waals surface area contributed by atoms with E-state index in [0.29, 0.717) is 10.0 Å². The minimum Gasteiger partial charge on any atom is -0.443 e. The number of nitrogens with zero attached hydrogens (tertiary/aromatic N) is 1. The standard InChI is InChI=1S/C14H15BrFNO3/c1-14(2,3)20-13(19)17-7-6-8-9(12(17)18)4-5-10(15)11(8)16/h4-5H,6-7H2,1-3H3. The van der Waals surface area contributed by atoms with Gasteiger partial charge < -0.3 is 4.74 Å². The van der Waals surface area contributed by atoms with Gasteiger partial charge in [0.1, 0.15) is 11.4 Å². The summed E-state index contributed by atoms with van der Waals surface area (Å²) in [5.74, 6) is -0.966. The van der Waals surface area contributed by atoms with Crippen molar-refractivity contribution in [1.82, 2.24) is 4.90 Å². The van der Waals surface area contributed by atoms with E-state index < -0.39 is 23.4 Å². The lowest BCUT2D eigenvalue weighted by Crippen LogP contribution is -2.44. The van der Waals surface area contributed by atoms with Gasteiger partial charge in [-0.2, -0.15) is 0 Å². The first-order valence-electron chi connectivity index (χ1n) is 6.22. The molecule has 2 amide bonds. The van der Waals surface area contributed by atoms with Crippen LogP contribution in [-0.2, 0) is 11.2 Å². The third kappa shape index (κ3) is 2.85. The molecule has 0 atom stereocenters. The van der Waals surface area contributed by atoms with Crippen LogP contribution in [0.4, 0.5) is 9.18 Å². The molecule has 4 nitrogen and oxygen atoms in total. The molecule has 6 heteroatoms. The quantitative estimate of drug-likeness (QED) is 0.723. The molecule has 0 N–H and O–H groups in total. The smallest absolute Gasteiger partial charge is 0.417 e. The molecular formula is C14H15BrFNO3. The lowest BCUT2D eigenvalue weighted by Gasteiger charge is -2.29. The van der Waals surface area contributed by atoms with Crippen molar-refractivity contribution in [2.45, 2.75) is 32.8 Å². The van der Waals surface area contributed by atoms with Crippen LogP contribution in [0.1, 0.15) is 36.7 Å². The fraction of sp³-hybridized carbons (Fsp3) is 0.429. The second kappa shape index (κ2) is 5.16. The Morgan fingerprint density at radius 3 is 2.65 bits per heavy atom. The molecular weight excluding hydrogens is 329 g/mol. The number of carbonyl (C=O) groups is 2. The van der Waals surface area contributed by atoms with Crippen LogP contribution in [0.5, 0.6) is 0 Å². The number of rotatable bonds is 0. The molecule has 0 aromatic heterocycles. The third-order valence-corrected chi connectivity index (χ3v) is 3.48. The van der Waals surface area contributed by atoms with Gasteiger partial charge in [0.25, 0.3) is 5.91 Å². The maximum Gasteiger partial charge on any atom is 0.417 e. The second-order valence-electron chi connectivity index (χ2n) is 5.57. The van der Waals surface area contributed by atoms with Crippen molar-refractivity contribution in [3.05, 3.63) is 33.5 Å². The van der Waals surface area contributed by atoms with Crippen molar-refractivity contribution < 1.29 is 18.7 Å². The first kappa shape index (κ1) is 15.0. The molecule has 1 aliphatic heterocycles. The fourth-order valence-corrected chi connectivity index (χ4v) is 2.37. The Morgan fingerprint density at radius 2 is 2.05 bits per heavy atom. The average Bonchev–Trinajstić information content (AvgIpc) is 2.32. The van der Waals surface area contributed by atoms with Gasteiger partial charge in [-0.3, -0.25) is 4.79 Å². The Kier molecular flexibility index (Phi) is 3.86. The first-order chi connectivity index (χ1) is 9.20. The van der Waals surface area contributed by atoms with Gasteiger partial charge in [-0.1, -0.05) is 0 Å². The minimum atomic E-state index is -0.698. The number of hydrogen-bond donors (Lipinski definition) is 0. The van der Waals surface area contributed by atoms with Gasteiger partial charge >= 0.3 is 6.09 Å². The highest BCUT2D eigenvalue weighted by atomic mass is 79.9. The zero-order valence-corrected chi connectivity index (χ0v) is 13.1. The van der Waals surface area contributed by atoms with Crippen molar-refractivity contribution in [3.8, 4) is 0 Å². The van der Waals surface area contributed by atoms with E-state index in [2.05, 4.69) is 15.9 Å². The van der Waals surface area contributed by atoms with Crippen molar-refractivity contribution in [1.29, 1.82) is 0 Å². The molecule has 0 saturated heterocycles. The van der Waals surface area contributed by atoms with E-state index in [-0.39, 0.29) is 18.5 Å². The van der Waals surface area contributed by atoms with Gasteiger partial charge in [0.15, 0.2) is 0 Å². The lowest BCUT2D eigenvalue weighted by molar-refractivity contribution is 0.0232. The summed E-state index contributed by atoms with van der Waals surface area (Å²) in [6, 6.07) is 2.98.